The first-order valence-corrected chi connectivity index (χ1v) is 6.55. The lowest BCUT2D eigenvalue weighted by atomic mass is 9.96. The minimum Gasteiger partial charge on any atom is -0.480 e. The molecule has 1 saturated heterocycles. The molecular weight excluding hydrogens is 234 g/mol. The van der Waals surface area contributed by atoms with Crippen molar-refractivity contribution in [2.75, 3.05) is 26.2 Å². The van der Waals surface area contributed by atoms with Crippen LogP contribution in [0.2, 0.25) is 0 Å². The van der Waals surface area contributed by atoms with E-state index in [0.717, 1.165) is 32.4 Å². The van der Waals surface area contributed by atoms with E-state index >= 15 is 0 Å². The summed E-state index contributed by atoms with van der Waals surface area (Å²) in [6.45, 7) is 4.59. The zero-order valence-electron chi connectivity index (χ0n) is 10.7. The van der Waals surface area contributed by atoms with Gasteiger partial charge < -0.3 is 20.6 Å². The summed E-state index contributed by atoms with van der Waals surface area (Å²) in [5, 5.41) is 15.2. The minimum atomic E-state index is -1.11. The van der Waals surface area contributed by atoms with Crippen molar-refractivity contribution in [3.05, 3.63) is 0 Å². The number of nitrogens with zero attached hydrogens (tertiary/aromatic N) is 1. The standard InChI is InChI=1S/C12H21N3O3/c1-12(10(16)17,9-3-4-9)14-11(18)15-7-2-5-13-6-8-15/h9,13H,2-8H2,1H3,(H,14,18)(H,16,17). The average molecular weight is 255 g/mol. The van der Waals surface area contributed by atoms with Crippen molar-refractivity contribution in [3.8, 4) is 0 Å². The molecule has 0 radical (unpaired) electrons. The molecule has 1 saturated carbocycles. The van der Waals surface area contributed by atoms with Crippen LogP contribution >= 0.6 is 0 Å². The van der Waals surface area contributed by atoms with E-state index in [4.69, 9.17) is 0 Å². The molecule has 0 aromatic heterocycles. The fraction of sp³-hybridized carbons (Fsp3) is 0.833. The second-order valence-electron chi connectivity index (χ2n) is 5.30. The zero-order chi connectivity index (χ0) is 13.2. The van der Waals surface area contributed by atoms with Crippen molar-refractivity contribution < 1.29 is 14.7 Å². The van der Waals surface area contributed by atoms with Crippen molar-refractivity contribution >= 4 is 12.0 Å². The summed E-state index contributed by atoms with van der Waals surface area (Å²) in [4.78, 5) is 25.2. The molecule has 6 heteroatoms. The van der Waals surface area contributed by atoms with Gasteiger partial charge in [0.05, 0.1) is 0 Å². The molecule has 1 heterocycles. The summed E-state index contributed by atoms with van der Waals surface area (Å²) < 4.78 is 0. The van der Waals surface area contributed by atoms with Crippen LogP contribution in [0.5, 0.6) is 0 Å². The molecule has 1 aliphatic heterocycles. The number of carboxylic acids is 1. The predicted molar refractivity (Wildman–Crippen MR) is 66.4 cm³/mol. The summed E-state index contributed by atoms with van der Waals surface area (Å²) in [6, 6.07) is -0.254. The van der Waals surface area contributed by atoms with Gasteiger partial charge in [-0.05, 0) is 38.6 Å². The van der Waals surface area contributed by atoms with Gasteiger partial charge in [-0.2, -0.15) is 0 Å². The maximum absolute atomic E-state index is 12.1. The highest BCUT2D eigenvalue weighted by Gasteiger charge is 2.49. The van der Waals surface area contributed by atoms with Gasteiger partial charge in [0.25, 0.3) is 0 Å². The van der Waals surface area contributed by atoms with Crippen LogP contribution < -0.4 is 10.6 Å². The Morgan fingerprint density at radius 3 is 2.67 bits per heavy atom. The number of amides is 2. The maximum atomic E-state index is 12.1. The Morgan fingerprint density at radius 1 is 1.33 bits per heavy atom. The Kier molecular flexibility index (Phi) is 3.75. The largest absolute Gasteiger partial charge is 0.480 e. The van der Waals surface area contributed by atoms with Crippen molar-refractivity contribution in [2.24, 2.45) is 5.92 Å². The molecule has 1 unspecified atom stereocenters. The summed E-state index contributed by atoms with van der Waals surface area (Å²) in [6.07, 6.45) is 2.66. The third-order valence-corrected chi connectivity index (χ3v) is 3.83. The van der Waals surface area contributed by atoms with E-state index in [1.54, 1.807) is 11.8 Å². The van der Waals surface area contributed by atoms with Gasteiger partial charge in [-0.1, -0.05) is 0 Å². The van der Waals surface area contributed by atoms with Crippen LogP contribution in [0.1, 0.15) is 26.2 Å². The number of urea groups is 1. The van der Waals surface area contributed by atoms with Crippen molar-refractivity contribution in [3.63, 3.8) is 0 Å². The van der Waals surface area contributed by atoms with Gasteiger partial charge in [-0.25, -0.2) is 9.59 Å². The lowest BCUT2D eigenvalue weighted by molar-refractivity contribution is -0.144. The topological polar surface area (TPSA) is 81.7 Å². The molecule has 0 bridgehead atoms. The fourth-order valence-corrected chi connectivity index (χ4v) is 2.34. The highest BCUT2D eigenvalue weighted by Crippen LogP contribution is 2.39. The Hall–Kier alpha value is -1.30. The quantitative estimate of drug-likeness (QED) is 0.675. The van der Waals surface area contributed by atoms with Crippen LogP contribution in [0.4, 0.5) is 4.79 Å². The van der Waals surface area contributed by atoms with Crippen LogP contribution in [0.3, 0.4) is 0 Å². The minimum absolute atomic E-state index is 0.0732. The van der Waals surface area contributed by atoms with Gasteiger partial charge >= 0.3 is 12.0 Å². The van der Waals surface area contributed by atoms with Gasteiger partial charge in [0.15, 0.2) is 0 Å². The van der Waals surface area contributed by atoms with E-state index in [1.165, 1.54) is 0 Å². The molecule has 0 aromatic carbocycles. The highest BCUT2D eigenvalue weighted by atomic mass is 16.4. The summed E-state index contributed by atoms with van der Waals surface area (Å²) in [5.74, 6) is -0.865. The van der Waals surface area contributed by atoms with E-state index in [9.17, 15) is 14.7 Å². The van der Waals surface area contributed by atoms with E-state index in [0.29, 0.717) is 13.1 Å². The van der Waals surface area contributed by atoms with E-state index in [-0.39, 0.29) is 11.9 Å². The summed E-state index contributed by atoms with van der Waals surface area (Å²) in [5.41, 5.74) is -1.11. The molecule has 0 aromatic rings. The molecule has 2 fully saturated rings. The molecule has 102 valence electrons. The Bertz CT molecular complexity index is 335. The molecular formula is C12H21N3O3. The third kappa shape index (κ3) is 2.75. The molecule has 2 aliphatic rings. The predicted octanol–water partition coefficient (Wildman–Crippen LogP) is 0.245. The summed E-state index contributed by atoms with van der Waals surface area (Å²) in [7, 11) is 0. The second kappa shape index (κ2) is 5.14. The normalized spacial score (nSPS) is 23.9. The molecule has 3 N–H and O–H groups in total. The van der Waals surface area contributed by atoms with Crippen molar-refractivity contribution in [1.29, 1.82) is 0 Å². The smallest absolute Gasteiger partial charge is 0.329 e. The van der Waals surface area contributed by atoms with Gasteiger partial charge in [-0.15, -0.1) is 0 Å². The first-order chi connectivity index (χ1) is 8.54. The van der Waals surface area contributed by atoms with Crippen LogP contribution in [0, 0.1) is 5.92 Å². The lowest BCUT2D eigenvalue weighted by Gasteiger charge is -2.30. The Morgan fingerprint density at radius 2 is 2.06 bits per heavy atom. The lowest BCUT2D eigenvalue weighted by Crippen LogP contribution is -2.57. The molecule has 1 aliphatic carbocycles. The molecule has 2 amide bonds. The highest BCUT2D eigenvalue weighted by molar-refractivity contribution is 5.86. The number of carboxylic acid groups (broad SMARTS) is 1. The molecule has 2 rings (SSSR count). The van der Waals surface area contributed by atoms with Crippen molar-refractivity contribution in [2.45, 2.75) is 31.7 Å². The number of hydrogen-bond acceptors (Lipinski definition) is 3. The first-order valence-electron chi connectivity index (χ1n) is 6.55. The monoisotopic (exact) mass is 255 g/mol. The second-order valence-corrected chi connectivity index (χ2v) is 5.30. The average Bonchev–Trinajstić information content (AvgIpc) is 3.15. The number of nitrogens with one attached hydrogen (secondary N) is 2. The van der Waals surface area contributed by atoms with Crippen LogP contribution in [-0.4, -0.2) is 53.7 Å². The molecule has 0 spiro atoms. The number of rotatable bonds is 3. The molecule has 18 heavy (non-hydrogen) atoms. The first kappa shape index (κ1) is 13.1. The van der Waals surface area contributed by atoms with Crippen LogP contribution in [0.15, 0.2) is 0 Å². The van der Waals surface area contributed by atoms with Gasteiger partial charge in [0.1, 0.15) is 5.54 Å². The SMILES string of the molecule is CC(NC(=O)N1CCCNCC1)(C(=O)O)C1CC1. The summed E-state index contributed by atoms with van der Waals surface area (Å²) >= 11 is 0. The molecule has 1 atom stereocenters. The number of carbonyl (C=O) groups excluding carboxylic acids is 1. The fourth-order valence-electron chi connectivity index (χ4n) is 2.34. The Balaban J connectivity index is 1.97. The zero-order valence-corrected chi connectivity index (χ0v) is 10.7. The third-order valence-electron chi connectivity index (χ3n) is 3.83. The number of hydrogen-bond donors (Lipinski definition) is 3. The van der Waals surface area contributed by atoms with Crippen LogP contribution in [-0.2, 0) is 4.79 Å². The molecule has 6 nitrogen and oxygen atoms in total. The van der Waals surface area contributed by atoms with E-state index < -0.39 is 11.5 Å². The van der Waals surface area contributed by atoms with Gasteiger partial charge in [-0.3, -0.25) is 0 Å². The number of aliphatic carboxylic acids is 1. The van der Waals surface area contributed by atoms with Gasteiger partial charge in [0, 0.05) is 19.6 Å². The van der Waals surface area contributed by atoms with Gasteiger partial charge in [0.2, 0.25) is 0 Å². The maximum Gasteiger partial charge on any atom is 0.329 e. The van der Waals surface area contributed by atoms with Crippen LogP contribution in [0.25, 0.3) is 0 Å². The van der Waals surface area contributed by atoms with E-state index in [2.05, 4.69) is 10.6 Å². The number of carbonyl (C=O) groups is 2. The van der Waals surface area contributed by atoms with E-state index in [1.807, 2.05) is 0 Å². The Labute approximate surface area is 107 Å². The van der Waals surface area contributed by atoms with Crippen molar-refractivity contribution in [1.82, 2.24) is 15.5 Å².